The molecule has 150 valence electrons. The van der Waals surface area contributed by atoms with Crippen LogP contribution in [0.4, 0.5) is 4.79 Å². The molecule has 2 aromatic rings. The second kappa shape index (κ2) is 6.88. The Morgan fingerprint density at radius 2 is 2.07 bits per heavy atom. The molecule has 1 fully saturated rings. The van der Waals surface area contributed by atoms with Gasteiger partial charge in [-0.05, 0) is 43.1 Å². The van der Waals surface area contributed by atoms with Crippen LogP contribution in [0.25, 0.3) is 11.0 Å². The summed E-state index contributed by atoms with van der Waals surface area (Å²) >= 11 is 9.84. The van der Waals surface area contributed by atoms with Gasteiger partial charge in [-0.1, -0.05) is 11.6 Å². The van der Waals surface area contributed by atoms with Crippen molar-refractivity contribution in [2.75, 3.05) is 13.1 Å². The predicted molar refractivity (Wildman–Crippen MR) is 107 cm³/mol. The van der Waals surface area contributed by atoms with Crippen molar-refractivity contribution in [1.82, 2.24) is 24.3 Å². The molecule has 0 N–H and O–H groups in total. The number of amides is 2. The number of rotatable bonds is 1. The first-order chi connectivity index (χ1) is 13.2. The molecule has 10 heteroatoms. The monoisotopic (exact) mass is 469 g/mol. The Kier molecular flexibility index (Phi) is 4.78. The van der Waals surface area contributed by atoms with Gasteiger partial charge in [0.05, 0.1) is 28.1 Å². The van der Waals surface area contributed by atoms with Gasteiger partial charge in [-0.25, -0.2) is 14.8 Å². The van der Waals surface area contributed by atoms with Crippen molar-refractivity contribution >= 4 is 50.6 Å². The molecule has 2 aliphatic heterocycles. The van der Waals surface area contributed by atoms with Crippen molar-refractivity contribution in [2.24, 2.45) is 0 Å². The smallest absolute Gasteiger partial charge is 0.410 e. The van der Waals surface area contributed by atoms with Crippen LogP contribution in [-0.2, 0) is 22.6 Å². The van der Waals surface area contributed by atoms with Gasteiger partial charge < -0.3 is 19.1 Å². The second-order valence-corrected chi connectivity index (χ2v) is 9.25. The number of ether oxygens (including phenoxy) is 1. The van der Waals surface area contributed by atoms with Gasteiger partial charge in [-0.15, -0.1) is 0 Å². The van der Waals surface area contributed by atoms with Crippen LogP contribution in [0.2, 0.25) is 5.15 Å². The SMILES string of the molecule is CC(C)(C)OC(=O)N1CCC(N2Cc3c(Br)c4c(Cl)ncnc4n3CC2=O)C1. The highest BCUT2D eigenvalue weighted by Gasteiger charge is 2.38. The van der Waals surface area contributed by atoms with Crippen LogP contribution in [0.15, 0.2) is 10.8 Å². The van der Waals surface area contributed by atoms with Gasteiger partial charge in [0.15, 0.2) is 0 Å². The third-order valence-electron chi connectivity index (χ3n) is 5.03. The van der Waals surface area contributed by atoms with E-state index in [1.165, 1.54) is 6.33 Å². The average molecular weight is 471 g/mol. The number of halogens is 2. The molecule has 0 aromatic carbocycles. The van der Waals surface area contributed by atoms with Gasteiger partial charge in [-0.2, -0.15) is 0 Å². The van der Waals surface area contributed by atoms with Crippen LogP contribution in [0.5, 0.6) is 0 Å². The van der Waals surface area contributed by atoms with E-state index in [2.05, 4.69) is 25.9 Å². The molecule has 28 heavy (non-hydrogen) atoms. The molecule has 1 saturated heterocycles. The largest absolute Gasteiger partial charge is 0.444 e. The molecule has 0 radical (unpaired) electrons. The van der Waals surface area contributed by atoms with E-state index < -0.39 is 5.60 Å². The van der Waals surface area contributed by atoms with Gasteiger partial charge in [0, 0.05) is 13.1 Å². The van der Waals surface area contributed by atoms with Crippen LogP contribution in [0.1, 0.15) is 32.9 Å². The lowest BCUT2D eigenvalue weighted by atomic mass is 10.1. The van der Waals surface area contributed by atoms with Crippen LogP contribution < -0.4 is 0 Å². The molecule has 2 aromatic heterocycles. The highest BCUT2D eigenvalue weighted by atomic mass is 79.9. The summed E-state index contributed by atoms with van der Waals surface area (Å²) in [6.45, 7) is 7.20. The van der Waals surface area contributed by atoms with Crippen molar-refractivity contribution in [3.8, 4) is 0 Å². The Morgan fingerprint density at radius 1 is 1.32 bits per heavy atom. The standard InChI is InChI=1S/C18H21BrClN5O3/c1-18(2,3)28-17(27)23-5-4-10(6-23)24-7-11-14(19)13-15(20)21-9-22-16(13)25(11)8-12(24)26/h9-10H,4-8H2,1-3H3. The van der Waals surface area contributed by atoms with Gasteiger partial charge in [0.2, 0.25) is 5.91 Å². The van der Waals surface area contributed by atoms with E-state index in [1.54, 1.807) is 4.90 Å². The maximum atomic E-state index is 12.9. The summed E-state index contributed by atoms with van der Waals surface area (Å²) in [7, 11) is 0. The number of carbonyl (C=O) groups excluding carboxylic acids is 2. The van der Waals surface area contributed by atoms with Gasteiger partial charge in [-0.3, -0.25) is 4.79 Å². The molecule has 0 aliphatic carbocycles. The fourth-order valence-corrected chi connectivity index (χ4v) is 4.80. The lowest BCUT2D eigenvalue weighted by molar-refractivity contribution is -0.136. The van der Waals surface area contributed by atoms with Gasteiger partial charge in [0.1, 0.15) is 29.3 Å². The zero-order valence-corrected chi connectivity index (χ0v) is 18.2. The Morgan fingerprint density at radius 3 is 2.79 bits per heavy atom. The maximum absolute atomic E-state index is 12.9. The lowest BCUT2D eigenvalue weighted by Crippen LogP contribution is -2.47. The van der Waals surface area contributed by atoms with Crippen molar-refractivity contribution in [3.05, 3.63) is 21.6 Å². The van der Waals surface area contributed by atoms with Crippen molar-refractivity contribution in [1.29, 1.82) is 0 Å². The average Bonchev–Trinajstić information content (AvgIpc) is 3.18. The van der Waals surface area contributed by atoms with Crippen LogP contribution in [0.3, 0.4) is 0 Å². The molecule has 4 rings (SSSR count). The number of likely N-dealkylation sites (tertiary alicyclic amines) is 1. The first-order valence-electron chi connectivity index (χ1n) is 9.10. The van der Waals surface area contributed by atoms with E-state index in [9.17, 15) is 9.59 Å². The quantitative estimate of drug-likeness (QED) is 0.598. The molecule has 1 atom stereocenters. The summed E-state index contributed by atoms with van der Waals surface area (Å²) in [5.41, 5.74) is 1.05. The zero-order chi connectivity index (χ0) is 20.2. The second-order valence-electron chi connectivity index (χ2n) is 8.10. The number of fused-ring (bicyclic) bond motifs is 3. The van der Waals surface area contributed by atoms with E-state index in [1.807, 2.05) is 30.2 Å². The van der Waals surface area contributed by atoms with Gasteiger partial charge >= 0.3 is 6.09 Å². The minimum atomic E-state index is -0.539. The number of hydrogen-bond donors (Lipinski definition) is 0. The first kappa shape index (κ1) is 19.4. The van der Waals surface area contributed by atoms with E-state index in [0.717, 1.165) is 22.0 Å². The summed E-state index contributed by atoms with van der Waals surface area (Å²) in [6.07, 6.45) is 1.79. The lowest BCUT2D eigenvalue weighted by Gasteiger charge is -2.33. The Bertz CT molecular complexity index is 970. The minimum Gasteiger partial charge on any atom is -0.444 e. The number of nitrogens with zero attached hydrogens (tertiary/aromatic N) is 5. The number of aromatic nitrogens is 3. The molecular formula is C18H21BrClN5O3. The maximum Gasteiger partial charge on any atom is 0.410 e. The molecule has 0 saturated carbocycles. The third kappa shape index (κ3) is 3.34. The molecule has 4 heterocycles. The summed E-state index contributed by atoms with van der Waals surface area (Å²) in [6, 6.07) is -0.0414. The van der Waals surface area contributed by atoms with Crippen LogP contribution in [0, 0.1) is 0 Å². The van der Waals surface area contributed by atoms with E-state index in [-0.39, 0.29) is 24.6 Å². The fourth-order valence-electron chi connectivity index (χ4n) is 3.76. The number of carbonyl (C=O) groups is 2. The molecule has 0 bridgehead atoms. The molecule has 0 spiro atoms. The summed E-state index contributed by atoms with van der Waals surface area (Å²) in [5.74, 6) is 0.00248. The molecular weight excluding hydrogens is 450 g/mol. The molecule has 1 unspecified atom stereocenters. The fraction of sp³-hybridized carbons (Fsp3) is 0.556. The summed E-state index contributed by atoms with van der Waals surface area (Å²) in [4.78, 5) is 37.1. The van der Waals surface area contributed by atoms with Crippen molar-refractivity contribution in [3.63, 3.8) is 0 Å². The Balaban J connectivity index is 1.56. The van der Waals surface area contributed by atoms with E-state index in [0.29, 0.717) is 30.4 Å². The summed E-state index contributed by atoms with van der Waals surface area (Å²) in [5, 5.41) is 1.07. The molecule has 8 nitrogen and oxygen atoms in total. The summed E-state index contributed by atoms with van der Waals surface area (Å²) < 4.78 is 8.15. The predicted octanol–water partition coefficient (Wildman–Crippen LogP) is 3.20. The zero-order valence-electron chi connectivity index (χ0n) is 15.9. The topological polar surface area (TPSA) is 80.6 Å². The van der Waals surface area contributed by atoms with Crippen LogP contribution in [-0.4, -0.2) is 61.1 Å². The van der Waals surface area contributed by atoms with Crippen molar-refractivity contribution < 1.29 is 14.3 Å². The highest BCUT2D eigenvalue weighted by Crippen LogP contribution is 2.37. The van der Waals surface area contributed by atoms with E-state index in [4.69, 9.17) is 16.3 Å². The molecule has 2 aliphatic rings. The van der Waals surface area contributed by atoms with Crippen molar-refractivity contribution in [2.45, 2.75) is 51.9 Å². The van der Waals surface area contributed by atoms with E-state index >= 15 is 0 Å². The molecule has 2 amide bonds. The first-order valence-corrected chi connectivity index (χ1v) is 10.3. The Hall–Kier alpha value is -1.87. The normalized spacial score (nSPS) is 20.0. The van der Waals surface area contributed by atoms with Gasteiger partial charge in [0.25, 0.3) is 0 Å². The third-order valence-corrected chi connectivity index (χ3v) is 6.17. The minimum absolute atomic E-state index is 0.00248. The number of hydrogen-bond acceptors (Lipinski definition) is 5. The Labute approximate surface area is 175 Å². The highest BCUT2D eigenvalue weighted by molar-refractivity contribution is 9.10. The van der Waals surface area contributed by atoms with Crippen LogP contribution >= 0.6 is 27.5 Å².